The molecule has 146 valence electrons. The predicted octanol–water partition coefficient (Wildman–Crippen LogP) is 2.94. The number of piperidine rings is 1. The highest BCUT2D eigenvalue weighted by atomic mass is 32.2. The lowest BCUT2D eigenvalue weighted by atomic mass is 10.0. The van der Waals surface area contributed by atoms with Crippen LogP contribution in [0.2, 0.25) is 0 Å². The van der Waals surface area contributed by atoms with E-state index in [-0.39, 0.29) is 5.91 Å². The second-order valence-corrected chi connectivity index (χ2v) is 7.51. The predicted molar refractivity (Wildman–Crippen MR) is 107 cm³/mol. The van der Waals surface area contributed by atoms with Gasteiger partial charge in [-0.3, -0.25) is 4.79 Å². The summed E-state index contributed by atoms with van der Waals surface area (Å²) in [4.78, 5) is 14.6. The van der Waals surface area contributed by atoms with E-state index < -0.39 is 0 Å². The van der Waals surface area contributed by atoms with Gasteiger partial charge in [-0.1, -0.05) is 18.7 Å². The second kappa shape index (κ2) is 9.12. The average molecular weight is 390 g/mol. The van der Waals surface area contributed by atoms with E-state index >= 15 is 0 Å². The number of nitrogens with two attached hydrogens (primary N) is 1. The first kappa shape index (κ1) is 19.5. The number of likely N-dealkylation sites (tertiary alicyclic amines) is 1. The molecule has 8 heteroatoms. The Labute approximate surface area is 164 Å². The van der Waals surface area contributed by atoms with Crippen molar-refractivity contribution in [3.8, 4) is 17.1 Å². The zero-order valence-corrected chi connectivity index (χ0v) is 16.7. The zero-order chi connectivity index (χ0) is 19.2. The summed E-state index contributed by atoms with van der Waals surface area (Å²) >= 11 is 1.34. The Bertz CT molecular complexity index is 762. The van der Waals surface area contributed by atoms with E-state index in [1.807, 2.05) is 36.1 Å². The molecule has 1 aliphatic rings. The van der Waals surface area contributed by atoms with E-state index in [2.05, 4.69) is 17.1 Å². The summed E-state index contributed by atoms with van der Waals surface area (Å²) in [6.45, 7) is 5.56. The maximum absolute atomic E-state index is 12.6. The molecular weight excluding hydrogens is 362 g/mol. The van der Waals surface area contributed by atoms with E-state index in [9.17, 15) is 4.79 Å². The first-order valence-electron chi connectivity index (χ1n) is 9.50. The molecule has 2 aromatic rings. The molecule has 1 aromatic carbocycles. The van der Waals surface area contributed by atoms with Crippen molar-refractivity contribution in [2.45, 2.75) is 50.7 Å². The van der Waals surface area contributed by atoms with Gasteiger partial charge in [0.25, 0.3) is 0 Å². The van der Waals surface area contributed by atoms with Gasteiger partial charge in [0.2, 0.25) is 11.1 Å². The van der Waals surface area contributed by atoms with Crippen LogP contribution in [0.15, 0.2) is 29.4 Å². The monoisotopic (exact) mass is 389 g/mol. The highest BCUT2D eigenvalue weighted by Crippen LogP contribution is 2.25. The summed E-state index contributed by atoms with van der Waals surface area (Å²) in [6.07, 6.45) is 4.40. The van der Waals surface area contributed by atoms with E-state index in [0.29, 0.717) is 29.4 Å². The van der Waals surface area contributed by atoms with Gasteiger partial charge in [0.05, 0.1) is 12.4 Å². The number of amides is 1. The van der Waals surface area contributed by atoms with Gasteiger partial charge >= 0.3 is 0 Å². The Morgan fingerprint density at radius 3 is 2.74 bits per heavy atom. The number of thioether (sulfide) groups is 1. The van der Waals surface area contributed by atoms with Crippen LogP contribution in [0.25, 0.3) is 11.4 Å². The van der Waals surface area contributed by atoms with Crippen LogP contribution in [0.4, 0.5) is 0 Å². The molecule has 7 nitrogen and oxygen atoms in total. The molecule has 1 unspecified atom stereocenters. The lowest BCUT2D eigenvalue weighted by molar-refractivity contribution is -0.132. The number of aromatic nitrogens is 3. The molecule has 0 spiro atoms. The summed E-state index contributed by atoms with van der Waals surface area (Å²) in [7, 11) is 0. The van der Waals surface area contributed by atoms with Crippen molar-refractivity contribution in [1.29, 1.82) is 0 Å². The van der Waals surface area contributed by atoms with Gasteiger partial charge in [0, 0.05) is 18.2 Å². The molecule has 0 bridgehead atoms. The molecule has 2 N–H and O–H groups in total. The van der Waals surface area contributed by atoms with Crippen LogP contribution >= 0.6 is 11.8 Å². The Morgan fingerprint density at radius 2 is 2.04 bits per heavy atom. The molecule has 1 saturated heterocycles. The minimum Gasteiger partial charge on any atom is -0.494 e. The van der Waals surface area contributed by atoms with Crippen molar-refractivity contribution in [3.05, 3.63) is 24.3 Å². The first-order valence-corrected chi connectivity index (χ1v) is 10.5. The summed E-state index contributed by atoms with van der Waals surface area (Å²) in [5.74, 6) is 8.01. The summed E-state index contributed by atoms with van der Waals surface area (Å²) in [6, 6.07) is 7.92. The van der Waals surface area contributed by atoms with Gasteiger partial charge in [0.15, 0.2) is 5.82 Å². The molecule has 3 rings (SSSR count). The summed E-state index contributed by atoms with van der Waals surface area (Å²) in [5.41, 5.74) is 0.855. The lowest BCUT2D eigenvalue weighted by Crippen LogP contribution is -2.44. The van der Waals surface area contributed by atoms with Crippen molar-refractivity contribution in [3.63, 3.8) is 0 Å². The van der Waals surface area contributed by atoms with Crippen molar-refractivity contribution in [2.75, 3.05) is 24.7 Å². The highest BCUT2D eigenvalue weighted by molar-refractivity contribution is 7.99. The molecule has 0 aliphatic carbocycles. The Hall–Kier alpha value is -2.22. The third kappa shape index (κ3) is 4.55. The Balaban J connectivity index is 1.64. The molecule has 1 amide bonds. The van der Waals surface area contributed by atoms with Crippen LogP contribution < -0.4 is 10.6 Å². The first-order chi connectivity index (χ1) is 13.1. The zero-order valence-electron chi connectivity index (χ0n) is 15.9. The largest absolute Gasteiger partial charge is 0.494 e. The van der Waals surface area contributed by atoms with Gasteiger partial charge in [-0.25, -0.2) is 4.68 Å². The molecule has 1 fully saturated rings. The number of ether oxygens (including phenoxy) is 1. The second-order valence-electron chi connectivity index (χ2n) is 6.57. The Kier molecular flexibility index (Phi) is 6.60. The quantitative estimate of drug-likeness (QED) is 0.579. The number of hydrogen-bond donors (Lipinski definition) is 1. The van der Waals surface area contributed by atoms with Gasteiger partial charge in [0.1, 0.15) is 5.75 Å². The number of carbonyl (C=O) groups excluding carboxylic acids is 1. The molecule has 1 aromatic heterocycles. The van der Waals surface area contributed by atoms with Gasteiger partial charge in [-0.05, 0) is 56.9 Å². The third-order valence-electron chi connectivity index (χ3n) is 4.83. The lowest BCUT2D eigenvalue weighted by Gasteiger charge is -2.35. The van der Waals surface area contributed by atoms with E-state index in [4.69, 9.17) is 10.6 Å². The number of hydrogen-bond acceptors (Lipinski definition) is 6. The average Bonchev–Trinajstić information content (AvgIpc) is 3.07. The van der Waals surface area contributed by atoms with Crippen LogP contribution in [-0.4, -0.2) is 50.6 Å². The van der Waals surface area contributed by atoms with Gasteiger partial charge < -0.3 is 15.5 Å². The number of benzene rings is 1. The number of carbonyl (C=O) groups is 1. The van der Waals surface area contributed by atoms with E-state index in [1.54, 1.807) is 0 Å². The molecule has 2 heterocycles. The van der Waals surface area contributed by atoms with Gasteiger partial charge in [-0.2, -0.15) is 0 Å². The molecule has 1 atom stereocenters. The molecule has 1 aliphatic heterocycles. The van der Waals surface area contributed by atoms with Crippen molar-refractivity contribution >= 4 is 17.7 Å². The minimum atomic E-state index is 0.150. The van der Waals surface area contributed by atoms with Crippen LogP contribution in [0.5, 0.6) is 5.75 Å². The highest BCUT2D eigenvalue weighted by Gasteiger charge is 2.25. The third-order valence-corrected chi connectivity index (χ3v) is 5.76. The van der Waals surface area contributed by atoms with E-state index in [1.165, 1.54) is 22.9 Å². The number of nitrogen functional groups attached to an aromatic ring is 1. The van der Waals surface area contributed by atoms with Crippen LogP contribution in [0, 0.1) is 0 Å². The molecule has 0 saturated carbocycles. The van der Waals surface area contributed by atoms with Gasteiger partial charge in [-0.15, -0.1) is 10.2 Å². The van der Waals surface area contributed by atoms with Crippen molar-refractivity contribution < 1.29 is 9.53 Å². The summed E-state index contributed by atoms with van der Waals surface area (Å²) in [5, 5.41) is 8.88. The van der Waals surface area contributed by atoms with Crippen LogP contribution in [-0.2, 0) is 4.79 Å². The minimum absolute atomic E-state index is 0.150. The molecule has 27 heavy (non-hydrogen) atoms. The van der Waals surface area contributed by atoms with Crippen LogP contribution in [0.3, 0.4) is 0 Å². The maximum Gasteiger partial charge on any atom is 0.233 e. The van der Waals surface area contributed by atoms with Crippen LogP contribution in [0.1, 0.15) is 39.5 Å². The topological polar surface area (TPSA) is 86.3 Å². The maximum atomic E-state index is 12.6. The van der Waals surface area contributed by atoms with Crippen molar-refractivity contribution in [1.82, 2.24) is 19.8 Å². The summed E-state index contributed by atoms with van der Waals surface area (Å²) < 4.78 is 6.90. The fourth-order valence-corrected chi connectivity index (χ4v) is 4.14. The standard InChI is InChI=1S/C19H27N5O2S/c1-3-15-7-5-6-12-23(15)17(25)13-27-19-22-21-18(24(19)20)14-8-10-16(11-9-14)26-4-2/h8-11,15H,3-7,12-13,20H2,1-2H3. The van der Waals surface area contributed by atoms with E-state index in [0.717, 1.165) is 37.1 Å². The normalized spacial score (nSPS) is 17.1. The Morgan fingerprint density at radius 1 is 1.26 bits per heavy atom. The smallest absolute Gasteiger partial charge is 0.233 e. The molecule has 0 radical (unpaired) electrons. The molecular formula is C19H27N5O2S. The fourth-order valence-electron chi connectivity index (χ4n) is 3.40. The SMILES string of the molecule is CCOc1ccc(-c2nnc(SCC(=O)N3CCCCC3CC)n2N)cc1. The number of rotatable bonds is 7. The fraction of sp³-hybridized carbons (Fsp3) is 0.526. The number of nitrogens with zero attached hydrogens (tertiary/aromatic N) is 4. The van der Waals surface area contributed by atoms with Crippen molar-refractivity contribution in [2.24, 2.45) is 0 Å².